The fourth-order valence-corrected chi connectivity index (χ4v) is 4.61. The standard InChI is InChI=1S/C24H36N6O3/c1-2-7-27-12-14-30(15-13-27)25-17-20-3-5-21(6-4-20)23-16-22(33-26-23)18-28-8-10-29(11-9-28)19-24(31)32/h3-6,17,22H,2,7-16,18-19H2,1H3,(H,31,32)/b25-17+. The number of carboxylic acids is 1. The number of carbonyl (C=O) groups is 1. The zero-order chi connectivity index (χ0) is 23.0. The highest BCUT2D eigenvalue weighted by atomic mass is 16.6. The molecule has 0 spiro atoms. The molecule has 9 nitrogen and oxygen atoms in total. The monoisotopic (exact) mass is 456 g/mol. The molecule has 0 bridgehead atoms. The van der Waals surface area contributed by atoms with E-state index >= 15 is 0 Å². The van der Waals surface area contributed by atoms with Crippen LogP contribution in [-0.4, -0.2) is 121 Å². The highest BCUT2D eigenvalue weighted by Gasteiger charge is 2.27. The first kappa shape index (κ1) is 23.7. The molecule has 1 unspecified atom stereocenters. The van der Waals surface area contributed by atoms with E-state index in [9.17, 15) is 4.79 Å². The summed E-state index contributed by atoms with van der Waals surface area (Å²) in [7, 11) is 0. The molecule has 180 valence electrons. The number of hydrazone groups is 1. The summed E-state index contributed by atoms with van der Waals surface area (Å²) in [5.74, 6) is -0.761. The Morgan fingerprint density at radius 2 is 1.73 bits per heavy atom. The number of piperazine rings is 2. The van der Waals surface area contributed by atoms with Crippen LogP contribution in [0, 0.1) is 0 Å². The maximum absolute atomic E-state index is 10.9. The van der Waals surface area contributed by atoms with Gasteiger partial charge in [0.1, 0.15) is 6.10 Å². The van der Waals surface area contributed by atoms with Gasteiger partial charge in [-0.1, -0.05) is 36.3 Å². The summed E-state index contributed by atoms with van der Waals surface area (Å²) in [6.07, 6.45) is 4.00. The third-order valence-electron chi connectivity index (χ3n) is 6.52. The molecule has 0 aromatic heterocycles. The Morgan fingerprint density at radius 1 is 1.06 bits per heavy atom. The van der Waals surface area contributed by atoms with Crippen LogP contribution in [0.15, 0.2) is 34.5 Å². The number of aliphatic carboxylic acids is 1. The third-order valence-corrected chi connectivity index (χ3v) is 6.52. The van der Waals surface area contributed by atoms with Gasteiger partial charge in [0.2, 0.25) is 0 Å². The Labute approximate surface area is 196 Å². The molecule has 1 aromatic rings. The average molecular weight is 457 g/mol. The van der Waals surface area contributed by atoms with Crippen molar-refractivity contribution < 1.29 is 14.7 Å². The van der Waals surface area contributed by atoms with Gasteiger partial charge in [0.25, 0.3) is 0 Å². The van der Waals surface area contributed by atoms with Crippen molar-refractivity contribution in [3.8, 4) is 0 Å². The van der Waals surface area contributed by atoms with Crippen LogP contribution < -0.4 is 0 Å². The molecule has 2 saturated heterocycles. The van der Waals surface area contributed by atoms with Gasteiger partial charge in [-0.05, 0) is 24.1 Å². The van der Waals surface area contributed by atoms with Crippen molar-refractivity contribution in [2.75, 3.05) is 72.0 Å². The lowest BCUT2D eigenvalue weighted by atomic mass is 10.0. The Kier molecular flexibility index (Phi) is 8.30. The minimum Gasteiger partial charge on any atom is -0.480 e. The summed E-state index contributed by atoms with van der Waals surface area (Å²) in [5.41, 5.74) is 3.17. The van der Waals surface area contributed by atoms with E-state index in [1.54, 1.807) is 0 Å². The number of rotatable bonds is 9. The van der Waals surface area contributed by atoms with Gasteiger partial charge in [0, 0.05) is 65.3 Å². The Morgan fingerprint density at radius 3 is 2.39 bits per heavy atom. The summed E-state index contributed by atoms with van der Waals surface area (Å²) in [6.45, 7) is 11.8. The zero-order valence-electron chi connectivity index (χ0n) is 19.6. The highest BCUT2D eigenvalue weighted by Crippen LogP contribution is 2.19. The predicted octanol–water partition coefficient (Wildman–Crippen LogP) is 1.24. The molecule has 2 fully saturated rings. The maximum atomic E-state index is 10.9. The summed E-state index contributed by atoms with van der Waals surface area (Å²) in [5, 5.41) is 20.1. The van der Waals surface area contributed by atoms with Crippen LogP contribution in [0.25, 0.3) is 0 Å². The summed E-state index contributed by atoms with van der Waals surface area (Å²) in [6, 6.07) is 8.36. The molecular weight excluding hydrogens is 420 g/mol. The van der Waals surface area contributed by atoms with Gasteiger partial charge in [-0.3, -0.25) is 24.5 Å². The zero-order valence-corrected chi connectivity index (χ0v) is 19.6. The smallest absolute Gasteiger partial charge is 0.317 e. The Bertz CT molecular complexity index is 827. The molecular formula is C24H36N6O3. The lowest BCUT2D eigenvalue weighted by Crippen LogP contribution is -2.49. The molecule has 0 aliphatic carbocycles. The maximum Gasteiger partial charge on any atom is 0.317 e. The normalized spacial score (nSPS) is 23.1. The molecule has 4 rings (SSSR count). The van der Waals surface area contributed by atoms with E-state index in [2.05, 4.69) is 56.3 Å². The van der Waals surface area contributed by atoms with Crippen molar-refractivity contribution in [3.63, 3.8) is 0 Å². The van der Waals surface area contributed by atoms with Crippen LogP contribution >= 0.6 is 0 Å². The Hall–Kier alpha value is -2.49. The lowest BCUT2D eigenvalue weighted by Gasteiger charge is -2.34. The average Bonchev–Trinajstić information content (AvgIpc) is 3.29. The number of carboxylic acid groups (broad SMARTS) is 1. The number of oxime groups is 1. The molecule has 9 heteroatoms. The summed E-state index contributed by atoms with van der Waals surface area (Å²) >= 11 is 0. The summed E-state index contributed by atoms with van der Waals surface area (Å²) < 4.78 is 0. The van der Waals surface area contributed by atoms with Gasteiger partial charge in [0.15, 0.2) is 0 Å². The number of benzene rings is 1. The first-order valence-electron chi connectivity index (χ1n) is 12.1. The van der Waals surface area contributed by atoms with E-state index in [4.69, 9.17) is 9.94 Å². The van der Waals surface area contributed by atoms with Gasteiger partial charge < -0.3 is 9.94 Å². The molecule has 1 N–H and O–H groups in total. The third kappa shape index (κ3) is 6.99. The van der Waals surface area contributed by atoms with Crippen molar-refractivity contribution in [2.45, 2.75) is 25.9 Å². The number of hydrogen-bond donors (Lipinski definition) is 1. The SMILES string of the molecule is CCCN1CCN(/N=C/c2ccc(C3=NOC(CN4CCN(CC(=O)O)CC4)C3)cc2)CC1. The van der Waals surface area contributed by atoms with Crippen molar-refractivity contribution >= 4 is 17.9 Å². The predicted molar refractivity (Wildman–Crippen MR) is 129 cm³/mol. The quantitative estimate of drug-likeness (QED) is 0.560. The molecule has 33 heavy (non-hydrogen) atoms. The lowest BCUT2D eigenvalue weighted by molar-refractivity contribution is -0.138. The topological polar surface area (TPSA) is 84.2 Å². The van der Waals surface area contributed by atoms with Crippen molar-refractivity contribution in [1.29, 1.82) is 0 Å². The number of nitrogens with zero attached hydrogens (tertiary/aromatic N) is 6. The van der Waals surface area contributed by atoms with Crippen LogP contribution in [0.4, 0.5) is 0 Å². The van der Waals surface area contributed by atoms with E-state index < -0.39 is 5.97 Å². The second kappa shape index (κ2) is 11.6. The summed E-state index contributed by atoms with van der Waals surface area (Å²) in [4.78, 5) is 23.4. The molecule has 0 amide bonds. The van der Waals surface area contributed by atoms with Gasteiger partial charge in [-0.25, -0.2) is 0 Å². The fraction of sp³-hybridized carbons (Fsp3) is 0.625. The molecule has 3 aliphatic heterocycles. The van der Waals surface area contributed by atoms with E-state index in [0.29, 0.717) is 0 Å². The van der Waals surface area contributed by atoms with E-state index in [1.165, 1.54) is 13.0 Å². The first-order chi connectivity index (χ1) is 16.1. The molecule has 0 radical (unpaired) electrons. The van der Waals surface area contributed by atoms with Crippen LogP contribution in [0.2, 0.25) is 0 Å². The minimum atomic E-state index is -0.761. The Balaban J connectivity index is 1.20. The van der Waals surface area contributed by atoms with E-state index in [-0.39, 0.29) is 12.6 Å². The molecule has 0 saturated carbocycles. The van der Waals surface area contributed by atoms with E-state index in [0.717, 1.165) is 82.2 Å². The second-order valence-corrected chi connectivity index (χ2v) is 9.10. The van der Waals surface area contributed by atoms with Crippen LogP contribution in [0.1, 0.15) is 30.9 Å². The van der Waals surface area contributed by atoms with Gasteiger partial charge in [-0.2, -0.15) is 5.10 Å². The van der Waals surface area contributed by atoms with Gasteiger partial charge in [-0.15, -0.1) is 0 Å². The molecule has 3 aliphatic rings. The number of hydrogen-bond acceptors (Lipinski definition) is 8. The largest absolute Gasteiger partial charge is 0.480 e. The van der Waals surface area contributed by atoms with E-state index in [1.807, 2.05) is 11.1 Å². The second-order valence-electron chi connectivity index (χ2n) is 9.10. The van der Waals surface area contributed by atoms with Crippen LogP contribution in [0.5, 0.6) is 0 Å². The van der Waals surface area contributed by atoms with Crippen molar-refractivity contribution in [2.24, 2.45) is 10.3 Å². The highest BCUT2D eigenvalue weighted by molar-refractivity contribution is 6.01. The van der Waals surface area contributed by atoms with Gasteiger partial charge >= 0.3 is 5.97 Å². The van der Waals surface area contributed by atoms with Crippen LogP contribution in [0.3, 0.4) is 0 Å². The molecule has 3 heterocycles. The fourth-order valence-electron chi connectivity index (χ4n) is 4.61. The van der Waals surface area contributed by atoms with Crippen molar-refractivity contribution in [3.05, 3.63) is 35.4 Å². The van der Waals surface area contributed by atoms with Crippen LogP contribution in [-0.2, 0) is 9.63 Å². The molecule has 1 atom stereocenters. The minimum absolute atomic E-state index is 0.0543. The molecule has 1 aromatic carbocycles. The first-order valence-corrected chi connectivity index (χ1v) is 12.1. The van der Waals surface area contributed by atoms with Gasteiger partial charge in [0.05, 0.1) is 18.5 Å². The van der Waals surface area contributed by atoms with Crippen molar-refractivity contribution in [1.82, 2.24) is 19.7 Å².